The number of hydrazone groups is 1. The second kappa shape index (κ2) is 11.5. The molecule has 1 amide bonds. The molecule has 1 N–H and O–H groups in total. The van der Waals surface area contributed by atoms with Crippen molar-refractivity contribution >= 4 is 23.8 Å². The summed E-state index contributed by atoms with van der Waals surface area (Å²) in [4.78, 5) is 35.4. The van der Waals surface area contributed by atoms with Crippen LogP contribution in [0.25, 0.3) is 0 Å². The van der Waals surface area contributed by atoms with Crippen molar-refractivity contribution in [2.24, 2.45) is 11.0 Å². The fourth-order valence-electron chi connectivity index (χ4n) is 4.17. The van der Waals surface area contributed by atoms with E-state index in [4.69, 9.17) is 9.47 Å². The molecule has 1 saturated carbocycles. The van der Waals surface area contributed by atoms with Crippen LogP contribution in [0.15, 0.2) is 71.8 Å². The number of nitro groups is 1. The van der Waals surface area contributed by atoms with Gasteiger partial charge in [-0.3, -0.25) is 14.9 Å². The lowest BCUT2D eigenvalue weighted by Crippen LogP contribution is -2.20. The van der Waals surface area contributed by atoms with Crippen LogP contribution in [0.2, 0.25) is 0 Å². The highest BCUT2D eigenvalue weighted by molar-refractivity contribution is 5.92. The predicted molar refractivity (Wildman–Crippen MR) is 147 cm³/mol. The average Bonchev–Trinajstić information content (AvgIpc) is 3.71. The van der Waals surface area contributed by atoms with Gasteiger partial charge >= 0.3 is 5.97 Å². The zero-order valence-corrected chi connectivity index (χ0v) is 22.3. The van der Waals surface area contributed by atoms with Gasteiger partial charge in [-0.05, 0) is 71.7 Å². The summed E-state index contributed by atoms with van der Waals surface area (Å²) in [5.41, 5.74) is 5.81. The minimum atomic E-state index is -0.674. The van der Waals surface area contributed by atoms with Crippen molar-refractivity contribution in [1.29, 1.82) is 0 Å². The van der Waals surface area contributed by atoms with Crippen LogP contribution in [0.1, 0.15) is 67.1 Å². The Hall–Kier alpha value is -4.53. The van der Waals surface area contributed by atoms with Crippen molar-refractivity contribution in [3.8, 4) is 11.5 Å². The van der Waals surface area contributed by atoms with Crippen molar-refractivity contribution in [3.05, 3.63) is 99.1 Å². The van der Waals surface area contributed by atoms with Crippen molar-refractivity contribution < 1.29 is 24.0 Å². The quantitative estimate of drug-likeness (QED) is 0.124. The van der Waals surface area contributed by atoms with Crippen LogP contribution in [0.4, 0.5) is 5.69 Å². The summed E-state index contributed by atoms with van der Waals surface area (Å²) >= 11 is 0. The van der Waals surface area contributed by atoms with Gasteiger partial charge in [-0.25, -0.2) is 10.2 Å². The highest BCUT2D eigenvalue weighted by atomic mass is 16.6. The first kappa shape index (κ1) is 27.5. The molecule has 2 unspecified atom stereocenters. The van der Waals surface area contributed by atoms with Gasteiger partial charge in [0.05, 0.1) is 23.3 Å². The molecule has 39 heavy (non-hydrogen) atoms. The summed E-state index contributed by atoms with van der Waals surface area (Å²) in [5, 5.41) is 14.9. The van der Waals surface area contributed by atoms with E-state index in [9.17, 15) is 19.7 Å². The largest absolute Gasteiger partial charge is 0.490 e. The molecule has 0 radical (unpaired) electrons. The van der Waals surface area contributed by atoms with Crippen LogP contribution in [0, 0.1) is 16.0 Å². The molecule has 3 aromatic carbocycles. The third-order valence-corrected chi connectivity index (χ3v) is 6.50. The Kier molecular flexibility index (Phi) is 8.09. The third-order valence-electron chi connectivity index (χ3n) is 6.50. The smallest absolute Gasteiger partial charge is 0.343 e. The number of ether oxygens (including phenoxy) is 2. The van der Waals surface area contributed by atoms with Crippen LogP contribution in [-0.4, -0.2) is 29.6 Å². The van der Waals surface area contributed by atoms with Crippen molar-refractivity contribution in [2.75, 3.05) is 6.61 Å². The first-order valence-electron chi connectivity index (χ1n) is 12.7. The van der Waals surface area contributed by atoms with E-state index >= 15 is 0 Å². The first-order valence-corrected chi connectivity index (χ1v) is 12.7. The molecule has 0 aromatic heterocycles. The molecule has 0 spiro atoms. The fraction of sp³-hybridized carbons (Fsp3) is 0.300. The lowest BCUT2D eigenvalue weighted by molar-refractivity contribution is -0.384. The van der Waals surface area contributed by atoms with Gasteiger partial charge in [0, 0.05) is 18.1 Å². The third kappa shape index (κ3) is 6.87. The van der Waals surface area contributed by atoms with E-state index in [2.05, 4.69) is 55.6 Å². The fourth-order valence-corrected chi connectivity index (χ4v) is 4.17. The van der Waals surface area contributed by atoms with Crippen LogP contribution < -0.4 is 14.9 Å². The average molecular weight is 530 g/mol. The monoisotopic (exact) mass is 529 g/mol. The second-order valence-electron chi connectivity index (χ2n) is 10.4. The van der Waals surface area contributed by atoms with Crippen molar-refractivity contribution in [3.63, 3.8) is 0 Å². The molecule has 4 rings (SSSR count). The maximum absolute atomic E-state index is 12.6. The number of hydrogen-bond donors (Lipinski definition) is 1. The summed E-state index contributed by atoms with van der Waals surface area (Å²) in [6, 6.07) is 18.5. The number of hydrogen-bond acceptors (Lipinski definition) is 7. The molecule has 0 bridgehead atoms. The number of esters is 1. The van der Waals surface area contributed by atoms with Crippen molar-refractivity contribution in [1.82, 2.24) is 5.43 Å². The Morgan fingerprint density at radius 1 is 1.05 bits per heavy atom. The molecular formula is C30H31N3O6. The highest BCUT2D eigenvalue weighted by Gasteiger charge is 2.44. The molecule has 0 heterocycles. The number of carbonyl (C=O) groups is 2. The first-order chi connectivity index (χ1) is 18.6. The van der Waals surface area contributed by atoms with E-state index in [0.29, 0.717) is 17.9 Å². The zero-order chi connectivity index (χ0) is 28.2. The van der Waals surface area contributed by atoms with E-state index in [0.717, 1.165) is 12.0 Å². The number of amides is 1. The number of nitrogens with one attached hydrogen (secondary N) is 1. The summed E-state index contributed by atoms with van der Waals surface area (Å²) in [6.45, 7) is 8.65. The molecule has 3 aromatic rings. The lowest BCUT2D eigenvalue weighted by atomic mass is 9.86. The van der Waals surface area contributed by atoms with E-state index in [1.807, 2.05) is 0 Å². The van der Waals surface area contributed by atoms with Gasteiger partial charge in [-0.2, -0.15) is 5.10 Å². The molecule has 1 aliphatic rings. The Morgan fingerprint density at radius 2 is 1.74 bits per heavy atom. The van der Waals surface area contributed by atoms with Crippen LogP contribution in [-0.2, 0) is 10.2 Å². The number of carbonyl (C=O) groups excluding carboxylic acids is 2. The minimum absolute atomic E-state index is 0.0860. The topological polar surface area (TPSA) is 120 Å². The van der Waals surface area contributed by atoms with Gasteiger partial charge in [-0.15, -0.1) is 0 Å². The van der Waals surface area contributed by atoms with Crippen LogP contribution >= 0.6 is 0 Å². The molecule has 9 heteroatoms. The van der Waals surface area contributed by atoms with Gasteiger partial charge in [0.15, 0.2) is 11.5 Å². The Balaban J connectivity index is 1.35. The molecule has 2 atom stereocenters. The Morgan fingerprint density at radius 3 is 2.36 bits per heavy atom. The molecule has 0 saturated heterocycles. The number of non-ortho nitro benzene ring substituents is 1. The molecule has 1 aliphatic carbocycles. The van der Waals surface area contributed by atoms with E-state index < -0.39 is 10.9 Å². The minimum Gasteiger partial charge on any atom is -0.490 e. The summed E-state index contributed by atoms with van der Waals surface area (Å²) in [6.07, 6.45) is 2.29. The summed E-state index contributed by atoms with van der Waals surface area (Å²) in [7, 11) is 0. The van der Waals surface area contributed by atoms with Gasteiger partial charge < -0.3 is 9.47 Å². The zero-order valence-electron chi connectivity index (χ0n) is 22.3. The maximum Gasteiger partial charge on any atom is 0.343 e. The number of rotatable bonds is 9. The predicted octanol–water partition coefficient (Wildman–Crippen LogP) is 5.76. The highest BCUT2D eigenvalue weighted by Crippen LogP contribution is 2.47. The van der Waals surface area contributed by atoms with Gasteiger partial charge in [0.2, 0.25) is 5.91 Å². The lowest BCUT2D eigenvalue weighted by Gasteiger charge is -2.19. The Bertz CT molecular complexity index is 1390. The van der Waals surface area contributed by atoms with Gasteiger partial charge in [0.25, 0.3) is 5.69 Å². The maximum atomic E-state index is 12.6. The van der Waals surface area contributed by atoms with E-state index in [1.54, 1.807) is 25.1 Å². The number of nitrogens with zero attached hydrogens (tertiary/aromatic N) is 2. The second-order valence-corrected chi connectivity index (χ2v) is 10.4. The van der Waals surface area contributed by atoms with E-state index in [1.165, 1.54) is 36.0 Å². The van der Waals surface area contributed by atoms with E-state index in [-0.39, 0.29) is 40.2 Å². The summed E-state index contributed by atoms with van der Waals surface area (Å²) in [5.74, 6) is -0.198. The van der Waals surface area contributed by atoms with Crippen LogP contribution in [0.5, 0.6) is 11.5 Å². The molecule has 202 valence electrons. The Labute approximate surface area is 227 Å². The van der Waals surface area contributed by atoms with Gasteiger partial charge in [0.1, 0.15) is 0 Å². The van der Waals surface area contributed by atoms with Gasteiger partial charge in [-0.1, -0.05) is 45.0 Å². The molecular weight excluding hydrogens is 498 g/mol. The summed E-state index contributed by atoms with van der Waals surface area (Å²) < 4.78 is 11.1. The molecule has 9 nitrogen and oxygen atoms in total. The SMILES string of the molecule is CCOc1cc(C=NNC(=O)C2CC2c2ccc(C(C)(C)C)cc2)ccc1OC(=O)c1ccc([N+](=O)[O-])cc1. The van der Waals surface area contributed by atoms with Crippen LogP contribution in [0.3, 0.4) is 0 Å². The number of nitro benzene ring substituents is 1. The number of benzene rings is 3. The molecule has 1 fully saturated rings. The molecule has 0 aliphatic heterocycles. The van der Waals surface area contributed by atoms with Crippen molar-refractivity contribution in [2.45, 2.75) is 45.4 Å². The standard InChI is InChI=1S/C30H31N3O6/c1-5-38-27-16-19(6-15-26(27)39-29(35)21-9-13-23(14-10-21)33(36)37)18-31-32-28(34)25-17-24(25)20-7-11-22(12-8-20)30(2,3)4/h6-16,18,24-25H,5,17H2,1-4H3,(H,32,34). The normalized spacial score (nSPS) is 16.5.